The van der Waals surface area contributed by atoms with E-state index < -0.39 is 0 Å². The van der Waals surface area contributed by atoms with Crippen molar-refractivity contribution in [2.75, 3.05) is 31.6 Å². The molecule has 2 N–H and O–H groups in total. The lowest BCUT2D eigenvalue weighted by Gasteiger charge is -2.19. The highest BCUT2D eigenvalue weighted by atomic mass is 15.3. The maximum absolute atomic E-state index is 4.34. The van der Waals surface area contributed by atoms with Crippen LogP contribution < -0.4 is 15.5 Å². The van der Waals surface area contributed by atoms with Gasteiger partial charge in [-0.3, -0.25) is 4.99 Å². The molecule has 6 nitrogen and oxygen atoms in total. The lowest BCUT2D eigenvalue weighted by Crippen LogP contribution is -2.37. The molecule has 3 aromatic rings. The van der Waals surface area contributed by atoms with Crippen LogP contribution in [0.15, 0.2) is 84.1 Å². The van der Waals surface area contributed by atoms with Gasteiger partial charge in [0.15, 0.2) is 5.96 Å². The van der Waals surface area contributed by atoms with Crippen LogP contribution in [-0.4, -0.2) is 42.4 Å². The Morgan fingerprint density at radius 2 is 1.80 bits per heavy atom. The highest BCUT2D eigenvalue weighted by Crippen LogP contribution is 2.18. The topological polar surface area (TPSA) is 57.5 Å². The third-order valence-electron chi connectivity index (χ3n) is 5.19. The summed E-state index contributed by atoms with van der Waals surface area (Å²) in [7, 11) is 1.81. The molecule has 0 saturated carbocycles. The van der Waals surface area contributed by atoms with E-state index in [0.717, 1.165) is 44.2 Å². The van der Waals surface area contributed by atoms with E-state index in [4.69, 9.17) is 0 Å². The van der Waals surface area contributed by atoms with Crippen molar-refractivity contribution >= 4 is 11.6 Å². The quantitative estimate of drug-likeness (QED) is 0.363. The van der Waals surface area contributed by atoms with Gasteiger partial charge in [-0.2, -0.15) is 5.10 Å². The first-order valence-corrected chi connectivity index (χ1v) is 10.3. The van der Waals surface area contributed by atoms with E-state index in [1.807, 2.05) is 16.9 Å². The molecule has 30 heavy (non-hydrogen) atoms. The number of nitrogens with zero attached hydrogens (tertiary/aromatic N) is 4. The Morgan fingerprint density at radius 3 is 2.53 bits per heavy atom. The normalized spacial score (nSPS) is 13.6. The molecule has 1 aromatic heterocycles. The van der Waals surface area contributed by atoms with Crippen LogP contribution in [0.5, 0.6) is 0 Å². The predicted molar refractivity (Wildman–Crippen MR) is 123 cm³/mol. The summed E-state index contributed by atoms with van der Waals surface area (Å²) >= 11 is 0. The van der Waals surface area contributed by atoms with Gasteiger partial charge in [-0.15, -0.1) is 0 Å². The SMILES string of the molecule is CN=C(NCCc1ccc(-n2cccn2)cc1)NCc1cccc(N2CC=CC2)c1. The molecule has 0 spiro atoms. The first-order valence-electron chi connectivity index (χ1n) is 10.3. The minimum atomic E-state index is 0.743. The molecule has 0 aliphatic carbocycles. The van der Waals surface area contributed by atoms with E-state index in [-0.39, 0.29) is 0 Å². The largest absolute Gasteiger partial charge is 0.364 e. The van der Waals surface area contributed by atoms with Crippen molar-refractivity contribution in [1.82, 2.24) is 20.4 Å². The minimum absolute atomic E-state index is 0.743. The van der Waals surface area contributed by atoms with Crippen molar-refractivity contribution < 1.29 is 0 Å². The zero-order valence-electron chi connectivity index (χ0n) is 17.3. The molecule has 4 rings (SSSR count). The van der Waals surface area contributed by atoms with Gasteiger partial charge in [0.05, 0.1) is 5.69 Å². The lowest BCUT2D eigenvalue weighted by atomic mass is 10.1. The van der Waals surface area contributed by atoms with Gasteiger partial charge < -0.3 is 15.5 Å². The van der Waals surface area contributed by atoms with Crippen LogP contribution in [0.2, 0.25) is 0 Å². The summed E-state index contributed by atoms with van der Waals surface area (Å²) in [6.07, 6.45) is 9.08. The highest BCUT2D eigenvalue weighted by Gasteiger charge is 2.08. The van der Waals surface area contributed by atoms with Crippen molar-refractivity contribution in [2.24, 2.45) is 4.99 Å². The molecule has 0 atom stereocenters. The van der Waals surface area contributed by atoms with Crippen LogP contribution in [0.4, 0.5) is 5.69 Å². The summed E-state index contributed by atoms with van der Waals surface area (Å²) in [4.78, 5) is 6.70. The van der Waals surface area contributed by atoms with Gasteiger partial charge in [0, 0.05) is 51.3 Å². The van der Waals surface area contributed by atoms with E-state index in [9.17, 15) is 0 Å². The summed E-state index contributed by atoms with van der Waals surface area (Å²) in [6.45, 7) is 3.54. The molecule has 0 bridgehead atoms. The summed E-state index contributed by atoms with van der Waals surface area (Å²) in [5.74, 6) is 0.816. The molecule has 0 amide bonds. The number of hydrogen-bond acceptors (Lipinski definition) is 3. The zero-order chi connectivity index (χ0) is 20.6. The van der Waals surface area contributed by atoms with Gasteiger partial charge in [-0.25, -0.2) is 4.68 Å². The van der Waals surface area contributed by atoms with Gasteiger partial charge >= 0.3 is 0 Å². The second kappa shape index (κ2) is 9.78. The second-order valence-electron chi connectivity index (χ2n) is 7.27. The van der Waals surface area contributed by atoms with E-state index in [1.54, 1.807) is 13.2 Å². The number of anilines is 1. The maximum Gasteiger partial charge on any atom is 0.191 e. The van der Waals surface area contributed by atoms with Crippen LogP contribution >= 0.6 is 0 Å². The molecule has 0 saturated heterocycles. The summed E-state index contributed by atoms with van der Waals surface area (Å²) in [5.41, 5.74) is 4.86. The van der Waals surface area contributed by atoms with Gasteiger partial charge in [0.1, 0.15) is 0 Å². The molecule has 0 radical (unpaired) electrons. The van der Waals surface area contributed by atoms with Gasteiger partial charge in [-0.05, 0) is 47.9 Å². The van der Waals surface area contributed by atoms with Gasteiger partial charge in [-0.1, -0.05) is 36.4 Å². The Labute approximate surface area is 177 Å². The number of nitrogens with one attached hydrogen (secondary N) is 2. The van der Waals surface area contributed by atoms with Crippen LogP contribution in [0.1, 0.15) is 11.1 Å². The number of hydrogen-bond donors (Lipinski definition) is 2. The Hall–Kier alpha value is -3.54. The average Bonchev–Trinajstić information content (AvgIpc) is 3.51. The van der Waals surface area contributed by atoms with E-state index in [2.05, 4.69) is 86.3 Å². The van der Waals surface area contributed by atoms with Crippen molar-refractivity contribution in [3.63, 3.8) is 0 Å². The zero-order valence-corrected chi connectivity index (χ0v) is 17.3. The molecule has 2 aromatic carbocycles. The molecular formula is C24H28N6. The highest BCUT2D eigenvalue weighted by molar-refractivity contribution is 5.79. The third-order valence-corrected chi connectivity index (χ3v) is 5.19. The fraction of sp³-hybridized carbons (Fsp3) is 0.250. The standard InChI is InChI=1S/C24H28N6/c1-25-24(27-19-21-6-4-7-23(18-21)29-15-2-3-16-29)26-14-12-20-8-10-22(11-9-20)30-17-5-13-28-30/h2-11,13,17-18H,12,14-16,19H2,1H3,(H2,25,26,27). The third kappa shape index (κ3) is 5.08. The second-order valence-corrected chi connectivity index (χ2v) is 7.27. The minimum Gasteiger partial charge on any atom is -0.364 e. The van der Waals surface area contributed by atoms with Crippen molar-refractivity contribution in [1.29, 1.82) is 0 Å². The lowest BCUT2D eigenvalue weighted by molar-refractivity contribution is 0.793. The molecule has 2 heterocycles. The molecule has 0 fully saturated rings. The van der Waals surface area contributed by atoms with E-state index >= 15 is 0 Å². The van der Waals surface area contributed by atoms with E-state index in [0.29, 0.717) is 0 Å². The number of guanidine groups is 1. The summed E-state index contributed by atoms with van der Waals surface area (Å²) in [5, 5.41) is 11.1. The van der Waals surface area contributed by atoms with Crippen molar-refractivity contribution in [3.05, 3.63) is 90.3 Å². The number of rotatable bonds is 7. The molecule has 154 valence electrons. The van der Waals surface area contributed by atoms with Gasteiger partial charge in [0.2, 0.25) is 0 Å². The molecule has 0 unspecified atom stereocenters. The number of benzene rings is 2. The van der Waals surface area contributed by atoms with Crippen LogP contribution in [-0.2, 0) is 13.0 Å². The maximum atomic E-state index is 4.34. The summed E-state index contributed by atoms with van der Waals surface area (Å²) in [6, 6.07) is 19.1. The van der Waals surface area contributed by atoms with Crippen LogP contribution in [0.25, 0.3) is 5.69 Å². The smallest absolute Gasteiger partial charge is 0.191 e. The van der Waals surface area contributed by atoms with Crippen LogP contribution in [0, 0.1) is 0 Å². The van der Waals surface area contributed by atoms with Gasteiger partial charge in [0.25, 0.3) is 0 Å². The molecule has 1 aliphatic rings. The average molecular weight is 401 g/mol. The van der Waals surface area contributed by atoms with Crippen molar-refractivity contribution in [3.8, 4) is 5.69 Å². The van der Waals surface area contributed by atoms with Crippen molar-refractivity contribution in [2.45, 2.75) is 13.0 Å². The predicted octanol–water partition coefficient (Wildman–Crippen LogP) is 3.16. The Morgan fingerprint density at radius 1 is 0.967 bits per heavy atom. The number of aromatic nitrogens is 2. The first-order chi connectivity index (χ1) is 14.8. The fourth-order valence-corrected chi connectivity index (χ4v) is 3.52. The first kappa shape index (κ1) is 19.8. The fourth-order valence-electron chi connectivity index (χ4n) is 3.52. The number of aliphatic imine (C=N–C) groups is 1. The molecule has 6 heteroatoms. The molecule has 1 aliphatic heterocycles. The Kier molecular flexibility index (Phi) is 6.44. The summed E-state index contributed by atoms with van der Waals surface area (Å²) < 4.78 is 1.86. The van der Waals surface area contributed by atoms with Crippen LogP contribution in [0.3, 0.4) is 0 Å². The van der Waals surface area contributed by atoms with E-state index in [1.165, 1.54) is 16.8 Å². The monoisotopic (exact) mass is 400 g/mol. The Bertz CT molecular complexity index is 981. The Balaban J connectivity index is 1.24. The molecular weight excluding hydrogens is 372 g/mol.